The number of hydrogen-bond acceptors (Lipinski definition) is 1. The quantitative estimate of drug-likeness (QED) is 0.356. The Morgan fingerprint density at radius 2 is 1.83 bits per heavy atom. The zero-order valence-corrected chi connectivity index (χ0v) is 21.3. The lowest BCUT2D eigenvalue weighted by atomic mass is 9.47. The van der Waals surface area contributed by atoms with Crippen LogP contribution in [0.25, 0.3) is 0 Å². The first-order valence-corrected chi connectivity index (χ1v) is 13.4. The van der Waals surface area contributed by atoms with Gasteiger partial charge in [-0.25, -0.2) is 0 Å². The van der Waals surface area contributed by atoms with Gasteiger partial charge in [-0.2, -0.15) is 0 Å². The third-order valence-electron chi connectivity index (χ3n) is 10.4. The maximum Gasteiger partial charge on any atom is 0.0990 e. The molecule has 8 atom stereocenters. The molecule has 4 aliphatic carbocycles. The summed E-state index contributed by atoms with van der Waals surface area (Å²) in [5.41, 5.74) is 2.79. The molecule has 1 nitrogen and oxygen atoms in total. The molecule has 29 heavy (non-hydrogen) atoms. The molecular formula is C27H45BrO. The highest BCUT2D eigenvalue weighted by atomic mass is 79.9. The van der Waals surface area contributed by atoms with Crippen LogP contribution in [0.1, 0.15) is 105 Å². The van der Waals surface area contributed by atoms with E-state index in [0.29, 0.717) is 16.9 Å². The first-order chi connectivity index (χ1) is 13.8. The molecule has 0 N–H and O–H groups in total. The highest BCUT2D eigenvalue weighted by Crippen LogP contribution is 2.67. The van der Waals surface area contributed by atoms with E-state index in [4.69, 9.17) is 3.83 Å². The molecule has 0 bridgehead atoms. The van der Waals surface area contributed by atoms with Crippen molar-refractivity contribution in [3.05, 3.63) is 11.6 Å². The minimum absolute atomic E-state index is 0.391. The summed E-state index contributed by atoms with van der Waals surface area (Å²) >= 11 is 3.28. The molecular weight excluding hydrogens is 420 g/mol. The van der Waals surface area contributed by atoms with E-state index in [2.05, 4.69) is 57.0 Å². The molecule has 4 rings (SSSR count). The van der Waals surface area contributed by atoms with Crippen molar-refractivity contribution in [1.82, 2.24) is 0 Å². The Balaban J connectivity index is 1.48. The van der Waals surface area contributed by atoms with Crippen LogP contribution in [0.5, 0.6) is 0 Å². The smallest absolute Gasteiger partial charge is 0.0990 e. The zero-order chi connectivity index (χ0) is 20.8. The number of rotatable bonds is 6. The van der Waals surface area contributed by atoms with Crippen LogP contribution >= 0.6 is 16.3 Å². The summed E-state index contributed by atoms with van der Waals surface area (Å²) in [7, 11) is 0. The van der Waals surface area contributed by atoms with E-state index in [9.17, 15) is 0 Å². The van der Waals surface area contributed by atoms with Crippen molar-refractivity contribution < 1.29 is 3.83 Å². The molecule has 0 heterocycles. The maximum absolute atomic E-state index is 5.57. The molecule has 0 aromatic carbocycles. The summed E-state index contributed by atoms with van der Waals surface area (Å²) in [5.74, 6) is 5.58. The van der Waals surface area contributed by atoms with E-state index >= 15 is 0 Å². The third-order valence-corrected chi connectivity index (χ3v) is 10.9. The second kappa shape index (κ2) is 8.61. The predicted octanol–water partition coefficient (Wildman–Crippen LogP) is 8.72. The standard InChI is InChI=1S/C27H45BrO/c1-18(2)7-6-8-19(3)23-11-12-24-22-10-9-20-17-21(29-28)13-15-26(20,4)25(22)14-16-27(23,24)5/h9,18-19,21-25H,6-8,10-17H2,1-5H3/t19-,21+,22+,23-,24+,25+,26+,27-/m1/s1. The van der Waals surface area contributed by atoms with Gasteiger partial charge in [0.15, 0.2) is 0 Å². The van der Waals surface area contributed by atoms with Crippen molar-refractivity contribution in [2.45, 2.75) is 111 Å². The topological polar surface area (TPSA) is 9.23 Å². The molecule has 2 heteroatoms. The van der Waals surface area contributed by atoms with Crippen molar-refractivity contribution in [1.29, 1.82) is 0 Å². The summed E-state index contributed by atoms with van der Waals surface area (Å²) < 4.78 is 5.57. The van der Waals surface area contributed by atoms with Gasteiger partial charge >= 0.3 is 0 Å². The van der Waals surface area contributed by atoms with E-state index in [1.807, 2.05) is 0 Å². The Hall–Kier alpha value is 0.180. The summed E-state index contributed by atoms with van der Waals surface area (Å²) in [4.78, 5) is 0. The fraction of sp³-hybridized carbons (Fsp3) is 0.926. The number of fused-ring (bicyclic) bond motifs is 5. The molecule has 3 fully saturated rings. The van der Waals surface area contributed by atoms with Crippen LogP contribution in [0, 0.1) is 46.3 Å². The van der Waals surface area contributed by atoms with Crippen molar-refractivity contribution >= 4 is 16.3 Å². The highest BCUT2D eigenvalue weighted by Gasteiger charge is 2.59. The number of halogens is 1. The van der Waals surface area contributed by atoms with Crippen LogP contribution in [0.15, 0.2) is 11.6 Å². The van der Waals surface area contributed by atoms with Crippen LogP contribution in [0.3, 0.4) is 0 Å². The summed E-state index contributed by atoms with van der Waals surface area (Å²) in [6, 6.07) is 0. The van der Waals surface area contributed by atoms with Crippen molar-refractivity contribution in [2.75, 3.05) is 0 Å². The first-order valence-electron chi connectivity index (χ1n) is 12.8. The Morgan fingerprint density at radius 3 is 2.55 bits per heavy atom. The van der Waals surface area contributed by atoms with Gasteiger partial charge < -0.3 is 3.83 Å². The fourth-order valence-corrected chi connectivity index (χ4v) is 9.05. The van der Waals surface area contributed by atoms with Gasteiger partial charge in [0.2, 0.25) is 0 Å². The van der Waals surface area contributed by atoms with Crippen LogP contribution in [0.4, 0.5) is 0 Å². The molecule has 0 saturated heterocycles. The molecule has 0 aromatic heterocycles. The predicted molar refractivity (Wildman–Crippen MR) is 127 cm³/mol. The van der Waals surface area contributed by atoms with Crippen LogP contribution in [0.2, 0.25) is 0 Å². The molecule has 0 radical (unpaired) electrons. The van der Waals surface area contributed by atoms with Gasteiger partial charge in [0, 0.05) is 0 Å². The second-order valence-electron chi connectivity index (χ2n) is 12.2. The minimum atomic E-state index is 0.391. The van der Waals surface area contributed by atoms with Gasteiger partial charge in [-0.15, -0.1) is 0 Å². The van der Waals surface area contributed by atoms with E-state index in [-0.39, 0.29) is 0 Å². The van der Waals surface area contributed by atoms with Gasteiger partial charge in [-0.05, 0) is 97.7 Å². The molecule has 0 aromatic rings. The first kappa shape index (κ1) is 22.4. The normalized spacial score (nSPS) is 45.3. The van der Waals surface area contributed by atoms with E-state index in [1.165, 1.54) is 64.2 Å². The van der Waals surface area contributed by atoms with Crippen LogP contribution in [-0.2, 0) is 3.83 Å². The lowest BCUT2D eigenvalue weighted by Crippen LogP contribution is -2.50. The lowest BCUT2D eigenvalue weighted by Gasteiger charge is -2.58. The summed E-state index contributed by atoms with van der Waals surface area (Å²) in [6.07, 6.45) is 18.4. The van der Waals surface area contributed by atoms with E-state index in [1.54, 1.807) is 5.57 Å². The summed E-state index contributed by atoms with van der Waals surface area (Å²) in [5, 5.41) is 0. The third kappa shape index (κ3) is 3.92. The molecule has 3 saturated carbocycles. The Labute approximate surface area is 189 Å². The second-order valence-corrected chi connectivity index (χ2v) is 12.6. The maximum atomic E-state index is 5.57. The molecule has 0 spiro atoms. The average Bonchev–Trinajstić information content (AvgIpc) is 3.04. The Kier molecular flexibility index (Phi) is 6.64. The molecule has 0 aliphatic heterocycles. The van der Waals surface area contributed by atoms with Crippen LogP contribution < -0.4 is 0 Å². The number of allylic oxidation sites excluding steroid dienone is 1. The molecule has 0 amide bonds. The molecule has 0 unspecified atom stereocenters. The van der Waals surface area contributed by atoms with Crippen molar-refractivity contribution in [3.8, 4) is 0 Å². The Morgan fingerprint density at radius 1 is 1.03 bits per heavy atom. The lowest BCUT2D eigenvalue weighted by molar-refractivity contribution is -0.0548. The summed E-state index contributed by atoms with van der Waals surface area (Å²) in [6.45, 7) is 12.7. The molecule has 4 aliphatic rings. The zero-order valence-electron chi connectivity index (χ0n) is 19.7. The largest absolute Gasteiger partial charge is 0.304 e. The van der Waals surface area contributed by atoms with E-state index < -0.39 is 0 Å². The molecule has 166 valence electrons. The Bertz CT molecular complexity index is 612. The van der Waals surface area contributed by atoms with Gasteiger partial charge in [0.25, 0.3) is 0 Å². The number of hydrogen-bond donors (Lipinski definition) is 0. The highest BCUT2D eigenvalue weighted by molar-refractivity contribution is 9.06. The van der Waals surface area contributed by atoms with Crippen molar-refractivity contribution in [3.63, 3.8) is 0 Å². The minimum Gasteiger partial charge on any atom is -0.304 e. The van der Waals surface area contributed by atoms with E-state index in [0.717, 1.165) is 41.9 Å². The SMILES string of the molecule is CC(C)CCC[C@@H](C)[C@H]1CC[C@H]2[C@@H]3CC=C4C[C@@H](OBr)CC[C@]4(C)[C@H]3CC[C@]12C. The van der Waals surface area contributed by atoms with Gasteiger partial charge in [-0.3, -0.25) is 0 Å². The fourth-order valence-electron chi connectivity index (χ4n) is 8.73. The van der Waals surface area contributed by atoms with Crippen molar-refractivity contribution in [2.24, 2.45) is 46.3 Å². The van der Waals surface area contributed by atoms with Crippen LogP contribution in [-0.4, -0.2) is 6.10 Å². The monoisotopic (exact) mass is 464 g/mol. The average molecular weight is 466 g/mol. The van der Waals surface area contributed by atoms with Gasteiger partial charge in [-0.1, -0.05) is 65.5 Å². The van der Waals surface area contributed by atoms with Gasteiger partial charge in [0.1, 0.15) is 0 Å². The van der Waals surface area contributed by atoms with Gasteiger partial charge in [0.05, 0.1) is 22.4 Å².